The molecule has 0 unspecified atom stereocenters. The highest BCUT2D eigenvalue weighted by Gasteiger charge is 2.33. The maximum Gasteiger partial charge on any atom is -0.0162 e. The zero-order valence-corrected chi connectivity index (χ0v) is 46.3. The Labute approximate surface area is 425 Å². The van der Waals surface area contributed by atoms with Crippen LogP contribution in [0.4, 0.5) is 0 Å². The minimum atomic E-state index is 0.810. The molecule has 0 nitrogen and oxygen atoms in total. The van der Waals surface area contributed by atoms with Gasteiger partial charge in [-0.25, -0.2) is 0 Å². The maximum atomic E-state index is 3.97. The molecule has 8 aliphatic rings. The number of allylic oxidation sites excluding steroid dienone is 4. The van der Waals surface area contributed by atoms with Crippen LogP contribution in [0, 0.1) is 95.7 Å². The largest absolute Gasteiger partial charge is 0.103 e. The first-order valence-corrected chi connectivity index (χ1v) is 31.1. The Morgan fingerprint density at radius 2 is 0.691 bits per heavy atom. The van der Waals surface area contributed by atoms with Gasteiger partial charge in [0.1, 0.15) is 0 Å². The molecule has 0 N–H and O–H groups in total. The molecule has 0 atom stereocenters. The molecule has 1 aromatic rings. The van der Waals surface area contributed by atoms with E-state index in [1.807, 2.05) is 0 Å². The first-order valence-electron chi connectivity index (χ1n) is 31.1. The van der Waals surface area contributed by atoms with Crippen LogP contribution < -0.4 is 0 Å². The Morgan fingerprint density at radius 3 is 1.00 bits per heavy atom. The van der Waals surface area contributed by atoms with Crippen molar-refractivity contribution in [1.82, 2.24) is 0 Å². The third-order valence-electron chi connectivity index (χ3n) is 21.3. The lowest BCUT2D eigenvalue weighted by atomic mass is 9.68. The predicted molar refractivity (Wildman–Crippen MR) is 301 cm³/mol. The van der Waals surface area contributed by atoms with Crippen molar-refractivity contribution in [2.75, 3.05) is 0 Å². The SMILES string of the molecule is C=CC1CCC(C2CCC(C)CC2)CC1.C=CC1CCC(C2CCC(c3ccc(C)cc3)CC2)CC1.CC=CC1CCC(C2CCC(C)CC2)CC1.CCCC1CCC(C2CCC(C)CC2)CC1. The Morgan fingerprint density at radius 1 is 0.397 bits per heavy atom. The minimum Gasteiger partial charge on any atom is -0.103 e. The molecule has 8 aliphatic carbocycles. The van der Waals surface area contributed by atoms with Crippen molar-refractivity contribution in [1.29, 1.82) is 0 Å². The van der Waals surface area contributed by atoms with E-state index in [4.69, 9.17) is 0 Å². The van der Waals surface area contributed by atoms with E-state index in [9.17, 15) is 0 Å². The first-order chi connectivity index (χ1) is 33.1. The minimum absolute atomic E-state index is 0.810. The van der Waals surface area contributed by atoms with Gasteiger partial charge in [0.2, 0.25) is 0 Å². The second kappa shape index (κ2) is 30.5. The zero-order valence-electron chi connectivity index (χ0n) is 46.3. The van der Waals surface area contributed by atoms with Crippen LogP contribution in [0.1, 0.15) is 270 Å². The molecule has 386 valence electrons. The molecular weight excluding hydrogens is 817 g/mol. The van der Waals surface area contributed by atoms with Crippen molar-refractivity contribution in [3.63, 3.8) is 0 Å². The van der Waals surface area contributed by atoms with Crippen LogP contribution in [-0.2, 0) is 0 Å². The smallest absolute Gasteiger partial charge is 0.0162 e. The molecule has 8 fully saturated rings. The highest BCUT2D eigenvalue weighted by atomic mass is 14.4. The van der Waals surface area contributed by atoms with Crippen molar-refractivity contribution < 1.29 is 0 Å². The van der Waals surface area contributed by atoms with E-state index in [0.717, 1.165) is 94.7 Å². The van der Waals surface area contributed by atoms with Crippen LogP contribution in [0.15, 0.2) is 61.7 Å². The molecule has 0 aromatic heterocycles. The van der Waals surface area contributed by atoms with Gasteiger partial charge in [0.25, 0.3) is 0 Å². The van der Waals surface area contributed by atoms with Gasteiger partial charge in [-0.2, -0.15) is 0 Å². The lowest BCUT2D eigenvalue weighted by molar-refractivity contribution is 0.147. The summed E-state index contributed by atoms with van der Waals surface area (Å²) in [6.07, 6.45) is 59.5. The molecule has 0 heterocycles. The van der Waals surface area contributed by atoms with Gasteiger partial charge in [-0.15, -0.1) is 13.2 Å². The van der Waals surface area contributed by atoms with Crippen LogP contribution in [-0.4, -0.2) is 0 Å². The van der Waals surface area contributed by atoms with Gasteiger partial charge in [0.05, 0.1) is 0 Å². The van der Waals surface area contributed by atoms with Crippen molar-refractivity contribution >= 4 is 0 Å². The fourth-order valence-electron chi connectivity index (χ4n) is 16.2. The highest BCUT2D eigenvalue weighted by molar-refractivity contribution is 5.25. The summed E-state index contributed by atoms with van der Waals surface area (Å²) < 4.78 is 0. The normalized spacial score (nSPS) is 39.1. The number of hydrogen-bond acceptors (Lipinski definition) is 0. The first kappa shape index (κ1) is 55.7. The fourth-order valence-corrected chi connectivity index (χ4v) is 16.2. The van der Waals surface area contributed by atoms with Crippen LogP contribution in [0.25, 0.3) is 0 Å². The van der Waals surface area contributed by atoms with Gasteiger partial charge in [-0.1, -0.05) is 146 Å². The number of hydrogen-bond donors (Lipinski definition) is 0. The summed E-state index contributed by atoms with van der Waals surface area (Å²) in [5.41, 5.74) is 2.96. The van der Waals surface area contributed by atoms with Crippen molar-refractivity contribution in [2.24, 2.45) is 88.8 Å². The Bertz CT molecular complexity index is 1460. The molecule has 0 heteroatoms. The molecule has 9 rings (SSSR count). The van der Waals surface area contributed by atoms with E-state index in [0.29, 0.717) is 0 Å². The lowest BCUT2D eigenvalue weighted by Crippen LogP contribution is -2.25. The summed E-state index contributed by atoms with van der Waals surface area (Å²) >= 11 is 0. The monoisotopic (exact) mass is 931 g/mol. The van der Waals surface area contributed by atoms with E-state index in [1.54, 1.807) is 44.1 Å². The van der Waals surface area contributed by atoms with E-state index >= 15 is 0 Å². The summed E-state index contributed by atoms with van der Waals surface area (Å²) in [5.74, 6) is 16.1. The third kappa shape index (κ3) is 18.5. The van der Waals surface area contributed by atoms with Gasteiger partial charge >= 0.3 is 0 Å². The molecule has 0 bridgehead atoms. The lowest BCUT2D eigenvalue weighted by Gasteiger charge is -2.37. The summed E-state index contributed by atoms with van der Waals surface area (Å²) in [4.78, 5) is 0. The van der Waals surface area contributed by atoms with Crippen LogP contribution in [0.5, 0.6) is 0 Å². The molecule has 8 saturated carbocycles. The third-order valence-corrected chi connectivity index (χ3v) is 21.3. The Hall–Kier alpha value is -1.56. The topological polar surface area (TPSA) is 0 Å². The number of benzene rings is 1. The molecule has 0 saturated heterocycles. The molecule has 0 spiro atoms. The molecule has 0 radical (unpaired) electrons. The standard InChI is InChI=1S/C21H30.C16H30.C16H28.C15H26/c1-3-17-6-10-19(11-7-17)21-14-12-20(13-15-21)18-8-4-16(2)5-9-18;2*1-3-4-14-7-11-16(12-8-14)15-9-5-13(2)6-10-15;1-3-13-6-10-15(11-7-13)14-8-4-12(2)5-9-14/h3-5,8-9,17,19-21H,1,6-7,10-15H2,2H3;13-16H,3-12H2,1-2H3;3-4,13-16H,5-12H2,1-2H3;3,12-15H,1,4-11H2,2H3. The molecule has 68 heavy (non-hydrogen) atoms. The summed E-state index contributed by atoms with van der Waals surface area (Å²) in [5, 5.41) is 0. The predicted octanol–water partition coefficient (Wildman–Crippen LogP) is 21.7. The molecular formula is C68H114. The molecule has 0 amide bonds. The van der Waals surface area contributed by atoms with Crippen LogP contribution in [0.3, 0.4) is 0 Å². The quantitative estimate of drug-likeness (QED) is 0.205. The average Bonchev–Trinajstić information content (AvgIpc) is 3.39. The summed E-state index contributed by atoms with van der Waals surface area (Å²) in [7, 11) is 0. The maximum absolute atomic E-state index is 3.97. The number of rotatable bonds is 10. The molecule has 0 aliphatic heterocycles. The van der Waals surface area contributed by atoms with Crippen molar-refractivity contribution in [2.45, 2.75) is 266 Å². The van der Waals surface area contributed by atoms with E-state index in [-0.39, 0.29) is 0 Å². The van der Waals surface area contributed by atoms with Crippen LogP contribution >= 0.6 is 0 Å². The van der Waals surface area contributed by atoms with Gasteiger partial charge < -0.3 is 0 Å². The van der Waals surface area contributed by atoms with Crippen molar-refractivity contribution in [3.05, 3.63) is 72.9 Å². The van der Waals surface area contributed by atoms with Gasteiger partial charge in [0, 0.05) is 0 Å². The highest BCUT2D eigenvalue weighted by Crippen LogP contribution is 2.46. The fraction of sp³-hybridized carbons (Fsp3) is 0.824. The summed E-state index contributed by atoms with van der Waals surface area (Å²) in [6.45, 7) is 21.9. The van der Waals surface area contributed by atoms with E-state index < -0.39 is 0 Å². The van der Waals surface area contributed by atoms with Crippen LogP contribution in [0.2, 0.25) is 0 Å². The second-order valence-corrected chi connectivity index (χ2v) is 26.2. The summed E-state index contributed by atoms with van der Waals surface area (Å²) in [6, 6.07) is 9.27. The average molecular weight is 932 g/mol. The molecule has 1 aromatic carbocycles. The Balaban J connectivity index is 0.000000151. The zero-order chi connectivity index (χ0) is 48.1. The van der Waals surface area contributed by atoms with E-state index in [2.05, 4.69) is 103 Å². The van der Waals surface area contributed by atoms with Gasteiger partial charge in [-0.3, -0.25) is 0 Å². The van der Waals surface area contributed by atoms with Gasteiger partial charge in [-0.05, 0) is 268 Å². The number of aryl methyl sites for hydroxylation is 1. The van der Waals surface area contributed by atoms with Gasteiger partial charge in [0.15, 0.2) is 0 Å². The second-order valence-electron chi connectivity index (χ2n) is 26.2. The Kier molecular flexibility index (Phi) is 25.0. The van der Waals surface area contributed by atoms with E-state index in [1.165, 1.54) is 185 Å². The van der Waals surface area contributed by atoms with Crippen molar-refractivity contribution in [3.8, 4) is 0 Å².